The number of aliphatic hydroxyl groups is 4. The zero-order valence-electron chi connectivity index (χ0n) is 18.6. The van der Waals surface area contributed by atoms with Gasteiger partial charge in [-0.25, -0.2) is 14.2 Å². The van der Waals surface area contributed by atoms with E-state index in [1.807, 2.05) is 9.97 Å². The van der Waals surface area contributed by atoms with E-state index in [-0.39, 0.29) is 11.4 Å². The zero-order valence-corrected chi connectivity index (χ0v) is 20.3. The van der Waals surface area contributed by atoms with Crippen LogP contribution in [0.2, 0.25) is 0 Å². The first kappa shape index (κ1) is 27.6. The molecule has 2 aliphatic heterocycles. The molecule has 19 heteroatoms. The Morgan fingerprint density at radius 3 is 1.92 bits per heavy atom. The predicted molar refractivity (Wildman–Crippen MR) is 123 cm³/mol. The number of nitrogens with zero attached hydrogens (tertiary/aromatic N) is 2. The van der Waals surface area contributed by atoms with Gasteiger partial charge in [-0.15, -0.1) is 0 Å². The van der Waals surface area contributed by atoms with Gasteiger partial charge in [0.25, 0.3) is 11.1 Å². The Balaban J connectivity index is 1.43. The second-order valence-corrected chi connectivity index (χ2v) is 12.1. The smallest absolute Gasteiger partial charge is 0.387 e. The van der Waals surface area contributed by atoms with Crippen LogP contribution in [0.3, 0.4) is 0 Å². The summed E-state index contributed by atoms with van der Waals surface area (Å²) in [5.41, 5.74) is -3.23. The molecule has 2 aliphatic rings. The molecule has 0 bridgehead atoms. The molecule has 204 valence electrons. The van der Waals surface area contributed by atoms with Crippen LogP contribution in [0.15, 0.2) is 43.7 Å². The second kappa shape index (κ2) is 10.8. The minimum atomic E-state index is -4.64. The van der Waals surface area contributed by atoms with Crippen LogP contribution in [0.4, 0.5) is 0 Å². The van der Waals surface area contributed by atoms with E-state index in [0.29, 0.717) is 0 Å². The third-order valence-corrected chi connectivity index (χ3v) is 8.73. The number of aromatic nitrogens is 4. The van der Waals surface area contributed by atoms with Crippen molar-refractivity contribution in [2.45, 2.75) is 49.1 Å². The highest BCUT2D eigenvalue weighted by Crippen LogP contribution is 2.59. The molecule has 9 atom stereocenters. The summed E-state index contributed by atoms with van der Waals surface area (Å²) >= 11 is 0.272. The van der Waals surface area contributed by atoms with E-state index in [9.17, 15) is 49.1 Å². The SMILES string of the molecule is O=c1ccn([C@@H]2O[C@H](CSP(=O)(O)O[C@H]3[C@@H](O)[C@H](n4ccc(=O)[nH]c4=O)O[C@@H]3CO)[C@@H](O)[C@H]2O)c(=O)[nH]1. The van der Waals surface area contributed by atoms with E-state index in [0.717, 1.165) is 33.7 Å². The summed E-state index contributed by atoms with van der Waals surface area (Å²) < 4.78 is 30.4. The molecule has 7 N–H and O–H groups in total. The molecule has 0 amide bonds. The minimum Gasteiger partial charge on any atom is -0.394 e. The Bertz CT molecular complexity index is 1410. The summed E-state index contributed by atoms with van der Waals surface area (Å²) in [5, 5.41) is 40.8. The lowest BCUT2D eigenvalue weighted by Crippen LogP contribution is -2.38. The van der Waals surface area contributed by atoms with Crippen molar-refractivity contribution in [1.29, 1.82) is 0 Å². The topological polar surface area (TPSA) is 256 Å². The average molecular weight is 566 g/mol. The van der Waals surface area contributed by atoms with Crippen molar-refractivity contribution in [3.05, 3.63) is 66.2 Å². The van der Waals surface area contributed by atoms with Gasteiger partial charge < -0.3 is 34.8 Å². The second-order valence-electron chi connectivity index (χ2n) is 8.15. The molecule has 2 fully saturated rings. The van der Waals surface area contributed by atoms with E-state index in [1.54, 1.807) is 0 Å². The quantitative estimate of drug-likeness (QED) is 0.151. The van der Waals surface area contributed by atoms with Crippen LogP contribution in [0, 0.1) is 0 Å². The Morgan fingerprint density at radius 1 is 0.892 bits per heavy atom. The highest BCUT2D eigenvalue weighted by atomic mass is 32.7. The molecule has 17 nitrogen and oxygen atoms in total. The van der Waals surface area contributed by atoms with Gasteiger partial charge in [0.1, 0.15) is 30.5 Å². The molecular weight excluding hydrogens is 543 g/mol. The summed E-state index contributed by atoms with van der Waals surface area (Å²) in [5.74, 6) is -0.420. The van der Waals surface area contributed by atoms with Gasteiger partial charge in [0.15, 0.2) is 12.5 Å². The highest BCUT2D eigenvalue weighted by molar-refractivity contribution is 8.54. The van der Waals surface area contributed by atoms with Crippen LogP contribution in [-0.2, 0) is 18.6 Å². The lowest BCUT2D eigenvalue weighted by Gasteiger charge is -2.23. The van der Waals surface area contributed by atoms with Crippen molar-refractivity contribution in [2.75, 3.05) is 12.4 Å². The number of ether oxygens (including phenoxy) is 2. The van der Waals surface area contributed by atoms with Crippen molar-refractivity contribution in [3.8, 4) is 0 Å². The van der Waals surface area contributed by atoms with Gasteiger partial charge in [0.05, 0.1) is 12.7 Å². The van der Waals surface area contributed by atoms with Crippen molar-refractivity contribution in [1.82, 2.24) is 19.1 Å². The van der Waals surface area contributed by atoms with Crippen LogP contribution in [0.5, 0.6) is 0 Å². The van der Waals surface area contributed by atoms with Crippen LogP contribution in [0.1, 0.15) is 12.5 Å². The number of hydrogen-bond acceptors (Lipinski definition) is 13. The van der Waals surface area contributed by atoms with Crippen molar-refractivity contribution in [3.63, 3.8) is 0 Å². The summed E-state index contributed by atoms with van der Waals surface area (Å²) in [6.07, 6.45) is -9.84. The third kappa shape index (κ3) is 5.73. The lowest BCUT2D eigenvalue weighted by molar-refractivity contribution is -0.0545. The fourth-order valence-electron chi connectivity index (χ4n) is 3.93. The van der Waals surface area contributed by atoms with Crippen molar-refractivity contribution < 1.29 is 43.9 Å². The first-order valence-electron chi connectivity index (χ1n) is 10.7. The number of rotatable bonds is 8. The van der Waals surface area contributed by atoms with Gasteiger partial charge in [-0.05, 0) is 11.4 Å². The largest absolute Gasteiger partial charge is 0.394 e. The number of aliphatic hydroxyl groups excluding tert-OH is 4. The van der Waals surface area contributed by atoms with Gasteiger partial charge >= 0.3 is 18.2 Å². The molecule has 0 aromatic carbocycles. The molecule has 0 saturated carbocycles. The van der Waals surface area contributed by atoms with Crippen molar-refractivity contribution >= 4 is 18.2 Å². The number of hydrogen-bond donors (Lipinski definition) is 7. The van der Waals surface area contributed by atoms with Gasteiger partial charge in [0, 0.05) is 30.3 Å². The van der Waals surface area contributed by atoms with E-state index in [1.165, 1.54) is 0 Å². The first-order chi connectivity index (χ1) is 17.4. The maximum atomic E-state index is 12.8. The maximum Gasteiger partial charge on any atom is 0.387 e. The fourth-order valence-corrected chi connectivity index (χ4v) is 6.66. The van der Waals surface area contributed by atoms with E-state index < -0.39 is 90.7 Å². The Morgan fingerprint density at radius 2 is 1.41 bits per heavy atom. The number of H-pyrrole nitrogens is 2. The summed E-state index contributed by atoms with van der Waals surface area (Å²) in [7, 11) is 0. The maximum absolute atomic E-state index is 12.8. The molecule has 0 radical (unpaired) electrons. The average Bonchev–Trinajstić information content (AvgIpc) is 3.28. The normalized spacial score (nSPS) is 33.4. The number of nitrogens with one attached hydrogen (secondary N) is 2. The first-order valence-corrected chi connectivity index (χ1v) is 13.8. The molecule has 37 heavy (non-hydrogen) atoms. The molecular formula is C18H23N4O13PS. The fraction of sp³-hybridized carbons (Fsp3) is 0.556. The molecule has 0 aliphatic carbocycles. The van der Waals surface area contributed by atoms with Crippen LogP contribution < -0.4 is 22.5 Å². The molecule has 2 saturated heterocycles. The zero-order chi connectivity index (χ0) is 27.1. The molecule has 4 heterocycles. The number of aromatic amines is 2. The summed E-state index contributed by atoms with van der Waals surface area (Å²) in [6, 6.07) is 1.99. The minimum absolute atomic E-state index is 0.272. The van der Waals surface area contributed by atoms with E-state index >= 15 is 0 Å². The molecule has 1 unspecified atom stereocenters. The highest BCUT2D eigenvalue weighted by Gasteiger charge is 2.49. The van der Waals surface area contributed by atoms with Crippen LogP contribution in [0.25, 0.3) is 0 Å². The van der Waals surface area contributed by atoms with Crippen LogP contribution in [-0.4, -0.2) is 93.4 Å². The molecule has 2 aromatic heterocycles. The van der Waals surface area contributed by atoms with Gasteiger partial charge in [0.2, 0.25) is 0 Å². The Labute approximate surface area is 209 Å². The van der Waals surface area contributed by atoms with Crippen molar-refractivity contribution in [2.24, 2.45) is 0 Å². The third-order valence-electron chi connectivity index (χ3n) is 5.73. The standard InChI is InChI=1S/C18H23N4O13PS/c23-5-7-14(13(28)16(33-7)22-4-2-10(25)20-18(22)30)35-36(31,32)37-6-8-11(26)12(27)15(34-8)21-3-1-9(24)19-17(21)29/h1-4,7-8,11-16,23,26-28H,5-6H2,(H,31,32)(H,19,24,29)(H,20,25,30)/t7-,8-,11-,12-,13-,14-,15-,16-/m1/s1. The van der Waals surface area contributed by atoms with Crippen LogP contribution >= 0.6 is 18.2 Å². The monoisotopic (exact) mass is 566 g/mol. The van der Waals surface area contributed by atoms with Gasteiger partial charge in [-0.1, -0.05) is 0 Å². The van der Waals surface area contributed by atoms with E-state index in [4.69, 9.17) is 14.0 Å². The van der Waals surface area contributed by atoms with Gasteiger partial charge in [-0.3, -0.25) is 33.2 Å². The predicted octanol–water partition coefficient (Wildman–Crippen LogP) is -3.82. The Kier molecular flexibility index (Phi) is 8.05. The molecule has 2 aromatic rings. The van der Waals surface area contributed by atoms with Gasteiger partial charge in [-0.2, -0.15) is 0 Å². The molecule has 0 spiro atoms. The lowest BCUT2D eigenvalue weighted by atomic mass is 10.1. The van der Waals surface area contributed by atoms with E-state index in [2.05, 4.69) is 0 Å². The summed E-state index contributed by atoms with van der Waals surface area (Å²) in [4.78, 5) is 60.9. The summed E-state index contributed by atoms with van der Waals surface area (Å²) in [6.45, 7) is -5.40. The Hall–Kier alpha value is -2.38. The molecule has 4 rings (SSSR count).